The third kappa shape index (κ3) is 4.86. The second-order valence-electron chi connectivity index (χ2n) is 8.34. The molecule has 176 valence electrons. The van der Waals surface area contributed by atoms with E-state index in [2.05, 4.69) is 5.32 Å². The summed E-state index contributed by atoms with van der Waals surface area (Å²) in [6, 6.07) is 27.7. The Hall–Kier alpha value is -3.84. The van der Waals surface area contributed by atoms with Gasteiger partial charge in [0, 0.05) is 5.75 Å². The van der Waals surface area contributed by atoms with Gasteiger partial charge in [0.25, 0.3) is 5.91 Å². The van der Waals surface area contributed by atoms with E-state index in [0.29, 0.717) is 5.75 Å². The van der Waals surface area contributed by atoms with Gasteiger partial charge in [0.05, 0.1) is 6.42 Å². The maximum absolute atomic E-state index is 13.3. The predicted molar refractivity (Wildman–Crippen MR) is 134 cm³/mol. The van der Waals surface area contributed by atoms with E-state index in [1.165, 1.54) is 16.7 Å². The summed E-state index contributed by atoms with van der Waals surface area (Å²) >= 11 is 1.51. The van der Waals surface area contributed by atoms with Gasteiger partial charge in [-0.15, -0.1) is 11.8 Å². The molecule has 0 saturated carbocycles. The van der Waals surface area contributed by atoms with Gasteiger partial charge >= 0.3 is 5.97 Å². The van der Waals surface area contributed by atoms with Crippen molar-refractivity contribution in [3.63, 3.8) is 0 Å². The number of hydrogen-bond acceptors (Lipinski definition) is 5. The Kier molecular flexibility index (Phi) is 6.68. The van der Waals surface area contributed by atoms with Crippen molar-refractivity contribution in [2.24, 2.45) is 0 Å². The quantitative estimate of drug-likeness (QED) is 0.407. The molecule has 1 N–H and O–H groups in total. The van der Waals surface area contributed by atoms with Crippen LogP contribution in [0, 0.1) is 0 Å². The first-order valence-electron chi connectivity index (χ1n) is 11.4. The lowest BCUT2D eigenvalue weighted by molar-refractivity contribution is -0.154. The molecule has 35 heavy (non-hydrogen) atoms. The lowest BCUT2D eigenvalue weighted by atomic mass is 10.0. The van der Waals surface area contributed by atoms with E-state index in [4.69, 9.17) is 4.74 Å². The fourth-order valence-electron chi connectivity index (χ4n) is 4.29. The van der Waals surface area contributed by atoms with E-state index >= 15 is 0 Å². The molecule has 0 bridgehead atoms. The maximum Gasteiger partial charge on any atom is 0.355 e. The largest absolute Gasteiger partial charge is 0.448 e. The average Bonchev–Trinajstić information content (AvgIpc) is 2.91. The fraction of sp³-hybridized carbons (Fsp3) is 0.179. The molecule has 6 nitrogen and oxygen atoms in total. The highest BCUT2D eigenvalue weighted by molar-refractivity contribution is 8.00. The molecule has 2 heterocycles. The zero-order chi connectivity index (χ0) is 24.2. The number of fused-ring (bicyclic) bond motifs is 1. The smallest absolute Gasteiger partial charge is 0.355 e. The Labute approximate surface area is 208 Å². The van der Waals surface area contributed by atoms with Crippen molar-refractivity contribution >= 4 is 29.5 Å². The van der Waals surface area contributed by atoms with Crippen LogP contribution >= 0.6 is 11.8 Å². The molecule has 1 fully saturated rings. The minimum atomic E-state index is -0.660. The van der Waals surface area contributed by atoms with Crippen LogP contribution in [0.4, 0.5) is 0 Å². The van der Waals surface area contributed by atoms with E-state index in [9.17, 15) is 14.4 Å². The normalized spacial score (nSPS) is 18.8. The Bertz CT molecular complexity index is 1210. The van der Waals surface area contributed by atoms with Crippen molar-refractivity contribution < 1.29 is 19.1 Å². The first-order chi connectivity index (χ1) is 17.1. The number of nitrogens with zero attached hydrogens (tertiary/aromatic N) is 1. The summed E-state index contributed by atoms with van der Waals surface area (Å²) in [4.78, 5) is 40.2. The molecule has 2 aliphatic heterocycles. The molecular weight excluding hydrogens is 460 g/mol. The van der Waals surface area contributed by atoms with E-state index < -0.39 is 18.1 Å². The van der Waals surface area contributed by atoms with Crippen LogP contribution in [0.2, 0.25) is 0 Å². The highest BCUT2D eigenvalue weighted by Crippen LogP contribution is 2.39. The molecule has 2 atom stereocenters. The summed E-state index contributed by atoms with van der Waals surface area (Å²) in [6.07, 6.45) is 1.32. The third-order valence-corrected chi connectivity index (χ3v) is 7.19. The highest BCUT2D eigenvalue weighted by atomic mass is 32.2. The van der Waals surface area contributed by atoms with E-state index in [1.807, 2.05) is 91.0 Å². The third-order valence-electron chi connectivity index (χ3n) is 6.01. The zero-order valence-corrected chi connectivity index (χ0v) is 19.7. The van der Waals surface area contributed by atoms with Crippen molar-refractivity contribution in [2.75, 3.05) is 5.75 Å². The van der Waals surface area contributed by atoms with Gasteiger partial charge in [-0.05, 0) is 22.8 Å². The number of carbonyl (C=O) groups is 3. The summed E-state index contributed by atoms with van der Waals surface area (Å²) in [5.41, 5.74) is 2.79. The fourth-order valence-corrected chi connectivity index (χ4v) is 5.48. The van der Waals surface area contributed by atoms with E-state index in [0.717, 1.165) is 16.7 Å². The molecule has 5 rings (SSSR count). The first-order valence-corrected chi connectivity index (χ1v) is 12.5. The van der Waals surface area contributed by atoms with Gasteiger partial charge in [-0.1, -0.05) is 91.0 Å². The number of esters is 1. The van der Waals surface area contributed by atoms with Crippen molar-refractivity contribution in [3.05, 3.63) is 119 Å². The minimum Gasteiger partial charge on any atom is -0.448 e. The van der Waals surface area contributed by atoms with Crippen LogP contribution in [0.5, 0.6) is 0 Å². The molecule has 0 aromatic heterocycles. The molecule has 7 heteroatoms. The van der Waals surface area contributed by atoms with E-state index in [-0.39, 0.29) is 29.3 Å². The topological polar surface area (TPSA) is 75.7 Å². The molecular formula is C28H24N2O4S. The molecule has 3 aromatic rings. The van der Waals surface area contributed by atoms with Gasteiger partial charge in [0.1, 0.15) is 17.1 Å². The number of hydrogen-bond donors (Lipinski definition) is 1. The van der Waals surface area contributed by atoms with Crippen LogP contribution in [-0.2, 0) is 25.5 Å². The van der Waals surface area contributed by atoms with Crippen molar-refractivity contribution in [1.29, 1.82) is 0 Å². The van der Waals surface area contributed by atoms with Crippen LogP contribution in [0.25, 0.3) is 0 Å². The van der Waals surface area contributed by atoms with E-state index in [1.54, 1.807) is 6.08 Å². The predicted octanol–water partition coefficient (Wildman–Crippen LogP) is 3.85. The lowest BCUT2D eigenvalue weighted by Gasteiger charge is -2.48. The van der Waals surface area contributed by atoms with Crippen molar-refractivity contribution in [1.82, 2.24) is 10.2 Å². The van der Waals surface area contributed by atoms with Crippen molar-refractivity contribution in [2.45, 2.75) is 23.9 Å². The summed E-state index contributed by atoms with van der Waals surface area (Å²) in [6.45, 7) is 0. The standard InChI is InChI=1S/C28H24N2O4S/c31-23(18-19-10-4-1-5-11-19)29-24-26(32)30-22(16-17-35-27(24)30)28(33)34-25(20-12-6-2-7-13-20)21-14-8-3-9-15-21/h1-16,24-25,27H,17-18H2,(H,29,31)/t24-,27-/m1/s1. The number of benzene rings is 3. The van der Waals surface area contributed by atoms with Crippen LogP contribution in [-0.4, -0.2) is 39.9 Å². The first kappa shape index (κ1) is 22.9. The SMILES string of the molecule is O=C(Cc1ccccc1)N[C@@H]1C(=O)N2C(C(=O)OC(c3ccccc3)c3ccccc3)=CCS[C@H]12. The molecule has 0 radical (unpaired) electrons. The van der Waals surface area contributed by atoms with Crippen LogP contribution < -0.4 is 5.32 Å². The second kappa shape index (κ2) is 10.2. The lowest BCUT2D eigenvalue weighted by Crippen LogP contribution is -2.70. The number of ether oxygens (including phenoxy) is 1. The maximum atomic E-state index is 13.3. The molecule has 3 aromatic carbocycles. The summed E-state index contributed by atoms with van der Waals surface area (Å²) in [5.74, 6) is -0.537. The number of β-lactam (4-membered cyclic amide) rings is 1. The monoisotopic (exact) mass is 484 g/mol. The van der Waals surface area contributed by atoms with Crippen LogP contribution in [0.3, 0.4) is 0 Å². The zero-order valence-electron chi connectivity index (χ0n) is 18.9. The molecule has 1 saturated heterocycles. The Morgan fingerprint density at radius 1 is 0.914 bits per heavy atom. The van der Waals surface area contributed by atoms with Gasteiger partial charge in [0.15, 0.2) is 6.10 Å². The summed E-state index contributed by atoms with van der Waals surface area (Å²) < 4.78 is 5.96. The summed E-state index contributed by atoms with van der Waals surface area (Å²) in [5, 5.41) is 2.50. The summed E-state index contributed by atoms with van der Waals surface area (Å²) in [7, 11) is 0. The molecule has 0 aliphatic carbocycles. The van der Waals surface area contributed by atoms with Gasteiger partial charge in [-0.2, -0.15) is 0 Å². The number of rotatable bonds is 7. The van der Waals surface area contributed by atoms with Crippen LogP contribution in [0.15, 0.2) is 103 Å². The molecule has 0 spiro atoms. The number of amides is 2. The van der Waals surface area contributed by atoms with Gasteiger partial charge in [0.2, 0.25) is 5.91 Å². The number of thioether (sulfide) groups is 1. The number of carbonyl (C=O) groups excluding carboxylic acids is 3. The van der Waals surface area contributed by atoms with Gasteiger partial charge in [-0.3, -0.25) is 14.5 Å². The van der Waals surface area contributed by atoms with Gasteiger partial charge in [-0.25, -0.2) is 4.79 Å². The van der Waals surface area contributed by atoms with Crippen molar-refractivity contribution in [3.8, 4) is 0 Å². The Balaban J connectivity index is 1.28. The molecule has 0 unspecified atom stereocenters. The highest BCUT2D eigenvalue weighted by Gasteiger charge is 2.53. The van der Waals surface area contributed by atoms with Crippen LogP contribution in [0.1, 0.15) is 22.8 Å². The second-order valence-corrected chi connectivity index (χ2v) is 9.49. The average molecular weight is 485 g/mol. The molecule has 2 aliphatic rings. The number of nitrogens with one attached hydrogen (secondary N) is 1. The Morgan fingerprint density at radius 3 is 2.09 bits per heavy atom. The molecule has 2 amide bonds. The minimum absolute atomic E-state index is 0.197. The Morgan fingerprint density at radius 2 is 1.49 bits per heavy atom. The van der Waals surface area contributed by atoms with Gasteiger partial charge < -0.3 is 10.1 Å².